The van der Waals surface area contributed by atoms with E-state index in [9.17, 15) is 9.18 Å². The van der Waals surface area contributed by atoms with Crippen molar-refractivity contribution in [3.8, 4) is 5.75 Å². The largest absolute Gasteiger partial charge is 0.488 e. The van der Waals surface area contributed by atoms with E-state index >= 15 is 0 Å². The second-order valence-electron chi connectivity index (χ2n) is 6.08. The van der Waals surface area contributed by atoms with Crippen molar-refractivity contribution in [3.63, 3.8) is 0 Å². The summed E-state index contributed by atoms with van der Waals surface area (Å²) in [6.45, 7) is 2.22. The van der Waals surface area contributed by atoms with Crippen molar-refractivity contribution in [1.29, 1.82) is 0 Å². The van der Waals surface area contributed by atoms with Crippen LogP contribution in [0.1, 0.15) is 27.2 Å². The van der Waals surface area contributed by atoms with Gasteiger partial charge in [0.25, 0.3) is 0 Å². The predicted octanol–water partition coefficient (Wildman–Crippen LogP) is 5.57. The smallest absolute Gasteiger partial charge is 0.337 e. The molecular weight excluding hydrogens is 392 g/mol. The molecule has 1 N–H and O–H groups in total. The van der Waals surface area contributed by atoms with E-state index in [0.29, 0.717) is 27.9 Å². The van der Waals surface area contributed by atoms with Crippen molar-refractivity contribution in [3.05, 3.63) is 86.9 Å². The number of ether oxygens (including phenoxy) is 1. The maximum atomic E-state index is 14.0. The third kappa shape index (κ3) is 4.62. The van der Waals surface area contributed by atoms with Crippen LogP contribution >= 0.6 is 23.2 Å². The van der Waals surface area contributed by atoms with Gasteiger partial charge in [-0.1, -0.05) is 29.3 Å². The van der Waals surface area contributed by atoms with Crippen molar-refractivity contribution in [2.45, 2.75) is 20.1 Å². The van der Waals surface area contributed by atoms with E-state index in [2.05, 4.69) is 0 Å². The van der Waals surface area contributed by atoms with Crippen LogP contribution in [0.3, 0.4) is 0 Å². The normalized spacial score (nSPS) is 10.8. The number of benzene rings is 2. The monoisotopic (exact) mass is 407 g/mol. The lowest BCUT2D eigenvalue weighted by atomic mass is 10.2. The average Bonchev–Trinajstić information content (AvgIpc) is 2.97. The number of nitrogens with zero attached hydrogens (tertiary/aromatic N) is 1. The number of aromatic carboxylic acids is 1. The summed E-state index contributed by atoms with van der Waals surface area (Å²) < 4.78 is 21.5. The van der Waals surface area contributed by atoms with E-state index in [4.69, 9.17) is 33.0 Å². The molecule has 0 aliphatic heterocycles. The van der Waals surface area contributed by atoms with Crippen molar-refractivity contribution in [2.75, 3.05) is 0 Å². The molecule has 2 aromatic carbocycles. The summed E-state index contributed by atoms with van der Waals surface area (Å²) in [6, 6.07) is 11.1. The molecule has 3 aromatic rings. The van der Waals surface area contributed by atoms with Gasteiger partial charge in [-0.05, 0) is 43.3 Å². The molecular formula is C20H16Cl2FNO3. The first-order chi connectivity index (χ1) is 12.8. The highest BCUT2D eigenvalue weighted by atomic mass is 35.5. The molecule has 0 aliphatic rings. The Hall–Kier alpha value is -2.50. The molecule has 0 aliphatic carbocycles. The number of hydrogen-bond donors (Lipinski definition) is 1. The van der Waals surface area contributed by atoms with Crippen LogP contribution < -0.4 is 4.74 Å². The molecule has 0 radical (unpaired) electrons. The fourth-order valence-corrected chi connectivity index (χ4v) is 3.05. The summed E-state index contributed by atoms with van der Waals surface area (Å²) in [4.78, 5) is 11.2. The van der Waals surface area contributed by atoms with E-state index in [0.717, 1.165) is 11.3 Å². The van der Waals surface area contributed by atoms with Crippen LogP contribution in [-0.4, -0.2) is 15.6 Å². The third-order valence-corrected chi connectivity index (χ3v) is 4.59. The number of aromatic nitrogens is 1. The molecule has 0 bridgehead atoms. The lowest BCUT2D eigenvalue weighted by Gasteiger charge is -2.14. The van der Waals surface area contributed by atoms with Gasteiger partial charge in [0.1, 0.15) is 18.2 Å². The summed E-state index contributed by atoms with van der Waals surface area (Å²) in [5.41, 5.74) is 2.14. The van der Waals surface area contributed by atoms with Gasteiger partial charge >= 0.3 is 5.97 Å². The van der Waals surface area contributed by atoms with Crippen LogP contribution in [0, 0.1) is 12.7 Å². The number of carboxylic acid groups (broad SMARTS) is 1. The van der Waals surface area contributed by atoms with Crippen molar-refractivity contribution >= 4 is 29.2 Å². The zero-order valence-corrected chi connectivity index (χ0v) is 15.9. The molecule has 3 rings (SSSR count). The second-order valence-corrected chi connectivity index (χ2v) is 6.95. The van der Waals surface area contributed by atoms with Crippen LogP contribution in [0.4, 0.5) is 4.39 Å². The molecule has 4 nitrogen and oxygen atoms in total. The van der Waals surface area contributed by atoms with Gasteiger partial charge in [-0.3, -0.25) is 0 Å². The van der Waals surface area contributed by atoms with E-state index < -0.39 is 11.8 Å². The maximum Gasteiger partial charge on any atom is 0.337 e. The minimum atomic E-state index is -0.988. The number of carboxylic acids is 1. The van der Waals surface area contributed by atoms with Gasteiger partial charge in [0.05, 0.1) is 12.1 Å². The summed E-state index contributed by atoms with van der Waals surface area (Å²) in [5.74, 6) is -0.887. The Labute approximate surface area is 165 Å². The number of aryl methyl sites for hydroxylation is 1. The lowest BCUT2D eigenvalue weighted by molar-refractivity contribution is 0.0697. The van der Waals surface area contributed by atoms with Crippen LogP contribution in [0.5, 0.6) is 5.75 Å². The molecule has 1 heterocycles. The fourth-order valence-electron chi connectivity index (χ4n) is 2.69. The zero-order valence-electron chi connectivity index (χ0n) is 14.4. The molecule has 1 aromatic heterocycles. The van der Waals surface area contributed by atoms with Crippen LogP contribution in [0.2, 0.25) is 10.0 Å². The van der Waals surface area contributed by atoms with Gasteiger partial charge < -0.3 is 14.4 Å². The second kappa shape index (κ2) is 8.03. The van der Waals surface area contributed by atoms with Crippen molar-refractivity contribution in [1.82, 2.24) is 4.57 Å². The summed E-state index contributed by atoms with van der Waals surface area (Å²) in [6.07, 6.45) is 1.56. The number of hydrogen-bond acceptors (Lipinski definition) is 2. The predicted molar refractivity (Wildman–Crippen MR) is 102 cm³/mol. The van der Waals surface area contributed by atoms with E-state index in [1.807, 2.05) is 6.92 Å². The van der Waals surface area contributed by atoms with Gasteiger partial charge in [-0.2, -0.15) is 0 Å². The summed E-state index contributed by atoms with van der Waals surface area (Å²) >= 11 is 11.9. The average molecular weight is 408 g/mol. The topological polar surface area (TPSA) is 51.5 Å². The standard InChI is InChI=1S/C20H16Cl2FNO3/c1-12-6-15(20(25)26)10-24(12)9-14-7-16(21)4-5-19(14)27-11-13-2-3-17(22)8-18(13)23/h2-8,10H,9,11H2,1H3,(H,25,26). The highest BCUT2D eigenvalue weighted by Gasteiger charge is 2.12. The highest BCUT2D eigenvalue weighted by molar-refractivity contribution is 6.30. The Morgan fingerprint density at radius 3 is 2.48 bits per heavy atom. The molecule has 140 valence electrons. The first-order valence-corrected chi connectivity index (χ1v) is 8.84. The zero-order chi connectivity index (χ0) is 19.6. The fraction of sp³-hybridized carbons (Fsp3) is 0.150. The maximum absolute atomic E-state index is 14.0. The number of rotatable bonds is 6. The van der Waals surface area contributed by atoms with Gasteiger partial charge in [0, 0.05) is 33.1 Å². The Bertz CT molecular complexity index is 1000. The quantitative estimate of drug-likeness (QED) is 0.581. The minimum absolute atomic E-state index is 0.0304. The van der Waals surface area contributed by atoms with Gasteiger partial charge in [-0.15, -0.1) is 0 Å². The molecule has 0 saturated heterocycles. The molecule has 0 fully saturated rings. The minimum Gasteiger partial charge on any atom is -0.488 e. The number of halogens is 3. The first-order valence-electron chi connectivity index (χ1n) is 8.08. The Morgan fingerprint density at radius 2 is 1.81 bits per heavy atom. The van der Waals surface area contributed by atoms with E-state index in [1.54, 1.807) is 47.2 Å². The van der Waals surface area contributed by atoms with Gasteiger partial charge in [-0.25, -0.2) is 9.18 Å². The molecule has 0 spiro atoms. The number of carbonyl (C=O) groups is 1. The SMILES string of the molecule is Cc1cc(C(=O)O)cn1Cc1cc(Cl)ccc1OCc1ccc(Cl)cc1F. The summed E-state index contributed by atoms with van der Waals surface area (Å²) in [7, 11) is 0. The molecule has 0 saturated carbocycles. The van der Waals surface area contributed by atoms with Crippen LogP contribution in [0.25, 0.3) is 0 Å². The molecule has 0 atom stereocenters. The molecule has 0 unspecified atom stereocenters. The highest BCUT2D eigenvalue weighted by Crippen LogP contribution is 2.26. The van der Waals surface area contributed by atoms with Crippen LogP contribution in [0.15, 0.2) is 48.7 Å². The lowest BCUT2D eigenvalue weighted by Crippen LogP contribution is -2.05. The third-order valence-electron chi connectivity index (χ3n) is 4.12. The first kappa shape index (κ1) is 19.3. The molecule has 0 amide bonds. The Morgan fingerprint density at radius 1 is 1.11 bits per heavy atom. The Balaban J connectivity index is 1.84. The molecule has 7 heteroatoms. The van der Waals surface area contributed by atoms with Crippen molar-refractivity contribution in [2.24, 2.45) is 0 Å². The van der Waals surface area contributed by atoms with Crippen LogP contribution in [-0.2, 0) is 13.2 Å². The van der Waals surface area contributed by atoms with E-state index in [1.165, 1.54) is 6.07 Å². The Kier molecular flexibility index (Phi) is 5.73. The molecule has 27 heavy (non-hydrogen) atoms. The van der Waals surface area contributed by atoms with E-state index in [-0.39, 0.29) is 12.2 Å². The van der Waals surface area contributed by atoms with Gasteiger partial charge in [0.2, 0.25) is 0 Å². The summed E-state index contributed by atoms with van der Waals surface area (Å²) in [5, 5.41) is 9.99. The van der Waals surface area contributed by atoms with Gasteiger partial charge in [0.15, 0.2) is 0 Å². The van der Waals surface area contributed by atoms with Crippen molar-refractivity contribution < 1.29 is 19.0 Å².